The zero-order chi connectivity index (χ0) is 17.8. The Morgan fingerprint density at radius 2 is 2.04 bits per heavy atom. The fourth-order valence-electron chi connectivity index (χ4n) is 3.44. The highest BCUT2D eigenvalue weighted by Crippen LogP contribution is 2.19. The third-order valence-electron chi connectivity index (χ3n) is 5.04. The van der Waals surface area contributed by atoms with Crippen LogP contribution in [0.1, 0.15) is 25.8 Å². The summed E-state index contributed by atoms with van der Waals surface area (Å²) < 4.78 is 1.62. The van der Waals surface area contributed by atoms with Crippen molar-refractivity contribution in [2.45, 2.75) is 39.4 Å². The molecular formula is C20H28N4O. The molecule has 2 heterocycles. The highest BCUT2D eigenvalue weighted by Gasteiger charge is 2.24. The van der Waals surface area contributed by atoms with Crippen LogP contribution in [0.5, 0.6) is 0 Å². The minimum atomic E-state index is -0.0135. The molecule has 3 rings (SSSR count). The first kappa shape index (κ1) is 17.7. The molecule has 1 fully saturated rings. The molecule has 0 radical (unpaired) electrons. The van der Waals surface area contributed by atoms with Gasteiger partial charge < -0.3 is 9.80 Å². The summed E-state index contributed by atoms with van der Waals surface area (Å²) in [7, 11) is 1.99. The lowest BCUT2D eigenvalue weighted by atomic mass is 10.1. The maximum Gasteiger partial charge on any atom is 0.268 e. The lowest BCUT2D eigenvalue weighted by Crippen LogP contribution is -2.31. The molecule has 0 spiro atoms. The monoisotopic (exact) mass is 340 g/mol. The average Bonchev–Trinajstić information content (AvgIpc) is 3.06. The molecule has 1 aromatic carbocycles. The minimum absolute atomic E-state index is 0.0135. The van der Waals surface area contributed by atoms with Gasteiger partial charge in [0.2, 0.25) is 0 Å². The van der Waals surface area contributed by atoms with Gasteiger partial charge in [-0.2, -0.15) is 5.10 Å². The van der Waals surface area contributed by atoms with Crippen molar-refractivity contribution in [3.8, 4) is 0 Å². The van der Waals surface area contributed by atoms with Crippen molar-refractivity contribution < 1.29 is 0 Å². The zero-order valence-electron chi connectivity index (χ0n) is 15.4. The molecule has 5 heteroatoms. The lowest BCUT2D eigenvalue weighted by Gasteiger charge is -2.21. The van der Waals surface area contributed by atoms with Gasteiger partial charge in [0.25, 0.3) is 5.56 Å². The Bertz CT molecular complexity index is 741. The molecule has 1 saturated heterocycles. The molecule has 2 aromatic rings. The summed E-state index contributed by atoms with van der Waals surface area (Å²) in [6, 6.07) is 12.5. The molecule has 0 saturated carbocycles. The van der Waals surface area contributed by atoms with Crippen LogP contribution in [-0.2, 0) is 13.1 Å². The first-order valence-electron chi connectivity index (χ1n) is 9.09. The van der Waals surface area contributed by atoms with E-state index in [1.165, 1.54) is 5.56 Å². The summed E-state index contributed by atoms with van der Waals surface area (Å²) in [6.45, 7) is 8.10. The van der Waals surface area contributed by atoms with E-state index >= 15 is 0 Å². The minimum Gasteiger partial charge on any atom is -0.369 e. The smallest absolute Gasteiger partial charge is 0.268 e. The van der Waals surface area contributed by atoms with Gasteiger partial charge in [-0.05, 0) is 38.3 Å². The summed E-state index contributed by atoms with van der Waals surface area (Å²) in [5.74, 6) is 0.514. The number of rotatable bonds is 6. The number of benzene rings is 1. The van der Waals surface area contributed by atoms with Crippen LogP contribution in [0.3, 0.4) is 0 Å². The van der Waals surface area contributed by atoms with E-state index in [1.807, 2.05) is 25.2 Å². The predicted octanol–water partition coefficient (Wildman–Crippen LogP) is 2.61. The quantitative estimate of drug-likeness (QED) is 0.811. The molecule has 0 N–H and O–H groups in total. The topological polar surface area (TPSA) is 41.4 Å². The van der Waals surface area contributed by atoms with Crippen LogP contribution in [0, 0.1) is 5.92 Å². The second kappa shape index (κ2) is 7.83. The van der Waals surface area contributed by atoms with Crippen LogP contribution in [0.25, 0.3) is 0 Å². The Kier molecular flexibility index (Phi) is 5.53. The van der Waals surface area contributed by atoms with E-state index in [2.05, 4.69) is 40.9 Å². The van der Waals surface area contributed by atoms with E-state index in [9.17, 15) is 4.79 Å². The molecule has 0 bridgehead atoms. The number of hydrogen-bond acceptors (Lipinski definition) is 4. The van der Waals surface area contributed by atoms with Crippen LogP contribution >= 0.6 is 0 Å². The second-order valence-electron chi connectivity index (χ2n) is 7.32. The van der Waals surface area contributed by atoms with Crippen LogP contribution in [0.4, 0.5) is 5.69 Å². The molecule has 1 aromatic heterocycles. The molecule has 5 nitrogen and oxygen atoms in total. The van der Waals surface area contributed by atoms with Crippen molar-refractivity contribution in [1.29, 1.82) is 0 Å². The Balaban J connectivity index is 1.64. The molecule has 0 amide bonds. The molecule has 25 heavy (non-hydrogen) atoms. The molecular weight excluding hydrogens is 312 g/mol. The molecule has 0 aliphatic carbocycles. The van der Waals surface area contributed by atoms with Gasteiger partial charge in [0.05, 0.1) is 11.9 Å². The van der Waals surface area contributed by atoms with Gasteiger partial charge in [0.15, 0.2) is 0 Å². The number of hydrogen-bond donors (Lipinski definition) is 0. The average molecular weight is 340 g/mol. The van der Waals surface area contributed by atoms with Crippen LogP contribution < -0.4 is 10.5 Å². The van der Waals surface area contributed by atoms with Gasteiger partial charge in [-0.1, -0.05) is 30.3 Å². The first-order valence-corrected chi connectivity index (χ1v) is 9.09. The van der Waals surface area contributed by atoms with Gasteiger partial charge in [-0.25, -0.2) is 4.68 Å². The van der Waals surface area contributed by atoms with Crippen LogP contribution in [0.2, 0.25) is 0 Å². The third-order valence-corrected chi connectivity index (χ3v) is 5.04. The van der Waals surface area contributed by atoms with Crippen molar-refractivity contribution in [2.24, 2.45) is 5.92 Å². The maximum absolute atomic E-state index is 12.5. The van der Waals surface area contributed by atoms with E-state index < -0.39 is 0 Å². The number of anilines is 1. The highest BCUT2D eigenvalue weighted by molar-refractivity contribution is 5.42. The van der Waals surface area contributed by atoms with Crippen molar-refractivity contribution in [3.63, 3.8) is 0 Å². The van der Waals surface area contributed by atoms with Crippen LogP contribution in [0.15, 0.2) is 47.4 Å². The fraction of sp³-hybridized carbons (Fsp3) is 0.500. The number of likely N-dealkylation sites (tertiary alicyclic amines) is 1. The number of nitrogens with zero attached hydrogens (tertiary/aromatic N) is 4. The van der Waals surface area contributed by atoms with Gasteiger partial charge in [-0.15, -0.1) is 0 Å². The highest BCUT2D eigenvalue weighted by atomic mass is 16.1. The van der Waals surface area contributed by atoms with E-state index in [1.54, 1.807) is 16.9 Å². The van der Waals surface area contributed by atoms with Crippen molar-refractivity contribution in [3.05, 3.63) is 58.5 Å². The number of aromatic nitrogens is 2. The summed E-state index contributed by atoms with van der Waals surface area (Å²) >= 11 is 0. The van der Waals surface area contributed by atoms with Gasteiger partial charge in [0, 0.05) is 38.8 Å². The second-order valence-corrected chi connectivity index (χ2v) is 7.32. The van der Waals surface area contributed by atoms with E-state index in [-0.39, 0.29) is 5.56 Å². The standard InChI is InChI=1S/C20H28N4O/c1-16(2)23-10-9-18(14-23)15-24-20(25)11-19(12-21-24)22(3)13-17-7-5-4-6-8-17/h4-8,11-12,16,18H,9-10,13-15H2,1-3H3/t18-/m0/s1. The maximum atomic E-state index is 12.5. The van der Waals surface area contributed by atoms with Gasteiger partial charge in [0.1, 0.15) is 0 Å². The normalized spacial score (nSPS) is 18.0. The van der Waals surface area contributed by atoms with Crippen molar-refractivity contribution in [1.82, 2.24) is 14.7 Å². The Labute approximate surface area is 149 Å². The summed E-state index contributed by atoms with van der Waals surface area (Å²) in [6.07, 6.45) is 2.95. The molecule has 134 valence electrons. The SMILES string of the molecule is CC(C)N1CC[C@H](Cn2ncc(N(C)Cc3ccccc3)cc2=O)C1. The summed E-state index contributed by atoms with van der Waals surface area (Å²) in [4.78, 5) is 17.0. The van der Waals surface area contributed by atoms with Crippen molar-refractivity contribution >= 4 is 5.69 Å². The van der Waals surface area contributed by atoms with Gasteiger partial charge in [-0.3, -0.25) is 4.79 Å². The van der Waals surface area contributed by atoms with Crippen LogP contribution in [-0.4, -0.2) is 40.9 Å². The fourth-order valence-corrected chi connectivity index (χ4v) is 3.44. The lowest BCUT2D eigenvalue weighted by molar-refractivity contribution is 0.258. The Morgan fingerprint density at radius 3 is 2.68 bits per heavy atom. The molecule has 1 aliphatic rings. The zero-order valence-corrected chi connectivity index (χ0v) is 15.4. The molecule has 1 atom stereocenters. The predicted molar refractivity (Wildman–Crippen MR) is 102 cm³/mol. The molecule has 1 aliphatic heterocycles. The molecule has 0 unspecified atom stereocenters. The Hall–Kier alpha value is -2.14. The van der Waals surface area contributed by atoms with Crippen molar-refractivity contribution in [2.75, 3.05) is 25.0 Å². The third kappa shape index (κ3) is 4.48. The van der Waals surface area contributed by atoms with E-state index in [4.69, 9.17) is 0 Å². The Morgan fingerprint density at radius 1 is 1.28 bits per heavy atom. The first-order chi connectivity index (χ1) is 12.0. The summed E-state index contributed by atoms with van der Waals surface area (Å²) in [5, 5.41) is 4.42. The van der Waals surface area contributed by atoms with E-state index in [0.717, 1.165) is 31.7 Å². The van der Waals surface area contributed by atoms with E-state index in [0.29, 0.717) is 18.5 Å². The summed E-state index contributed by atoms with van der Waals surface area (Å²) in [5.41, 5.74) is 2.06. The largest absolute Gasteiger partial charge is 0.369 e. The van der Waals surface area contributed by atoms with Gasteiger partial charge >= 0.3 is 0 Å².